The predicted octanol–water partition coefficient (Wildman–Crippen LogP) is 4.32. The molecule has 0 aromatic heterocycles. The van der Waals surface area contributed by atoms with Crippen LogP contribution in [0.25, 0.3) is 10.8 Å². The molecular formula is C26H47N10P. The number of guanidine groups is 2. The van der Waals surface area contributed by atoms with Crippen molar-refractivity contribution < 1.29 is 0 Å². The largest absolute Gasteiger partial charge is 0.349 e. The molecule has 11 heteroatoms. The van der Waals surface area contributed by atoms with Gasteiger partial charge in [-0.2, -0.15) is 0 Å². The van der Waals surface area contributed by atoms with Crippen LogP contribution in [0.1, 0.15) is 0 Å². The van der Waals surface area contributed by atoms with Crippen LogP contribution in [-0.4, -0.2) is 144 Å². The summed E-state index contributed by atoms with van der Waals surface area (Å²) < 4.78 is 12.2. The van der Waals surface area contributed by atoms with Gasteiger partial charge in [0.2, 0.25) is 11.9 Å². The normalized spacial score (nSPS) is 11.7. The summed E-state index contributed by atoms with van der Waals surface area (Å²) in [6.45, 7) is 0. The van der Waals surface area contributed by atoms with E-state index in [0.717, 1.165) is 39.8 Å². The Morgan fingerprint density at radius 2 is 0.973 bits per heavy atom. The van der Waals surface area contributed by atoms with Crippen molar-refractivity contribution >= 4 is 47.3 Å². The van der Waals surface area contributed by atoms with Crippen LogP contribution in [0, 0.1) is 0 Å². The SMILES string of the molecule is CN(C)C(=Nc1ccc2cccc(N=C(N(C)C)N(C)C)c2c1N=P(N(C)C)(N(C)C)N(C)C)N(C)C. The highest BCUT2D eigenvalue weighted by Crippen LogP contribution is 2.59. The highest BCUT2D eigenvalue weighted by atomic mass is 31.2. The first-order valence-electron chi connectivity index (χ1n) is 12.2. The molecule has 0 unspecified atom stereocenters. The van der Waals surface area contributed by atoms with E-state index in [4.69, 9.17) is 14.7 Å². The van der Waals surface area contributed by atoms with Gasteiger partial charge in [-0.15, -0.1) is 0 Å². The Balaban J connectivity index is 3.23. The first-order valence-corrected chi connectivity index (χ1v) is 13.8. The lowest BCUT2D eigenvalue weighted by molar-refractivity contribution is 0.474. The van der Waals surface area contributed by atoms with Crippen molar-refractivity contribution in [3.8, 4) is 0 Å². The van der Waals surface area contributed by atoms with E-state index in [0.29, 0.717) is 0 Å². The van der Waals surface area contributed by atoms with Crippen LogP contribution in [0.2, 0.25) is 0 Å². The van der Waals surface area contributed by atoms with Crippen molar-refractivity contribution in [2.45, 2.75) is 0 Å². The minimum Gasteiger partial charge on any atom is -0.349 e. The van der Waals surface area contributed by atoms with Gasteiger partial charge in [-0.05, 0) is 59.8 Å². The lowest BCUT2D eigenvalue weighted by Crippen LogP contribution is -2.35. The minimum atomic E-state index is -2.29. The van der Waals surface area contributed by atoms with Gasteiger partial charge >= 0.3 is 0 Å². The Bertz CT molecular complexity index is 1140. The van der Waals surface area contributed by atoms with Crippen molar-refractivity contribution in [1.29, 1.82) is 0 Å². The topological polar surface area (TPSA) is 59.8 Å². The maximum absolute atomic E-state index is 5.59. The summed E-state index contributed by atoms with van der Waals surface area (Å²) in [5, 5.41) is 2.05. The number of rotatable bonds is 6. The summed E-state index contributed by atoms with van der Waals surface area (Å²) in [5.41, 5.74) is 2.49. The van der Waals surface area contributed by atoms with E-state index in [2.05, 4.69) is 80.6 Å². The number of aliphatic imine (C=N–C) groups is 2. The zero-order chi connectivity index (χ0) is 28.2. The van der Waals surface area contributed by atoms with Crippen LogP contribution in [0.4, 0.5) is 17.1 Å². The van der Waals surface area contributed by atoms with Gasteiger partial charge in [0.15, 0.2) is 7.51 Å². The van der Waals surface area contributed by atoms with Crippen molar-refractivity contribution in [3.05, 3.63) is 30.3 Å². The van der Waals surface area contributed by atoms with Crippen LogP contribution in [0.5, 0.6) is 0 Å². The van der Waals surface area contributed by atoms with Crippen molar-refractivity contribution in [2.75, 3.05) is 98.7 Å². The number of nitrogens with zero attached hydrogens (tertiary/aromatic N) is 10. The number of benzene rings is 2. The van der Waals surface area contributed by atoms with Gasteiger partial charge in [0.1, 0.15) is 5.69 Å². The van der Waals surface area contributed by atoms with Gasteiger partial charge in [0.25, 0.3) is 0 Å². The maximum atomic E-state index is 5.59. The third kappa shape index (κ3) is 6.44. The lowest BCUT2D eigenvalue weighted by Gasteiger charge is -2.41. The Hall–Kier alpha value is -2.65. The molecule has 206 valence electrons. The second-order valence-electron chi connectivity index (χ2n) is 10.4. The second kappa shape index (κ2) is 12.3. The molecule has 0 N–H and O–H groups in total. The Morgan fingerprint density at radius 1 is 0.541 bits per heavy atom. The zero-order valence-electron chi connectivity index (χ0n) is 25.3. The highest BCUT2D eigenvalue weighted by molar-refractivity contribution is 7.59. The molecule has 0 spiro atoms. The van der Waals surface area contributed by atoms with E-state index < -0.39 is 7.51 Å². The number of hydrogen-bond donors (Lipinski definition) is 0. The Labute approximate surface area is 224 Å². The Kier molecular flexibility index (Phi) is 10.1. The molecule has 0 atom stereocenters. The molecule has 37 heavy (non-hydrogen) atoms. The third-order valence-electron chi connectivity index (χ3n) is 5.86. The van der Waals surface area contributed by atoms with Crippen LogP contribution < -0.4 is 0 Å². The van der Waals surface area contributed by atoms with Crippen LogP contribution in [0.3, 0.4) is 0 Å². The van der Waals surface area contributed by atoms with E-state index in [1.165, 1.54) is 0 Å². The fourth-order valence-corrected chi connectivity index (χ4v) is 7.66. The van der Waals surface area contributed by atoms with Crippen LogP contribution in [-0.2, 0) is 0 Å². The molecule has 0 aliphatic carbocycles. The maximum Gasteiger partial charge on any atom is 0.200 e. The molecule has 10 nitrogen and oxygen atoms in total. The van der Waals surface area contributed by atoms with Gasteiger partial charge < -0.3 is 19.6 Å². The molecule has 0 fully saturated rings. The van der Waals surface area contributed by atoms with Crippen molar-refractivity contribution in [2.24, 2.45) is 14.7 Å². The molecule has 0 amide bonds. The average Bonchev–Trinajstić information content (AvgIpc) is 2.77. The number of fused-ring (bicyclic) bond motifs is 1. The fraction of sp³-hybridized carbons (Fsp3) is 0.538. The standard InChI is InChI=1S/C26H47N10P/c1-30(2)25(31(3)4)27-21-17-15-16-20-18-19-22(28-26(32(5)6)33(7)8)24(23(20)21)29-37(34(9)10,35(11)12)36(13)14/h15-19H,1-14H3. The molecular weight excluding hydrogens is 483 g/mol. The minimum absolute atomic E-state index is 0.804. The number of hydrogen-bond acceptors (Lipinski definition) is 3. The summed E-state index contributed by atoms with van der Waals surface area (Å²) >= 11 is 0. The molecule has 2 aromatic carbocycles. The van der Waals surface area contributed by atoms with E-state index in [1.807, 2.05) is 82.0 Å². The first-order chi connectivity index (χ1) is 17.1. The van der Waals surface area contributed by atoms with E-state index in [1.54, 1.807) is 0 Å². The first kappa shape index (κ1) is 30.6. The van der Waals surface area contributed by atoms with Gasteiger partial charge in [-0.25, -0.2) is 14.7 Å². The fourth-order valence-electron chi connectivity index (χ4n) is 4.51. The predicted molar refractivity (Wildman–Crippen MR) is 163 cm³/mol. The monoisotopic (exact) mass is 530 g/mol. The average molecular weight is 531 g/mol. The molecule has 0 aliphatic heterocycles. The van der Waals surface area contributed by atoms with Crippen molar-refractivity contribution in [1.82, 2.24) is 33.6 Å². The second-order valence-corrected chi connectivity index (χ2v) is 14.1. The quantitative estimate of drug-likeness (QED) is 0.313. The van der Waals surface area contributed by atoms with E-state index >= 15 is 0 Å². The lowest BCUT2D eigenvalue weighted by atomic mass is 10.1. The Morgan fingerprint density at radius 3 is 1.38 bits per heavy atom. The van der Waals surface area contributed by atoms with E-state index in [9.17, 15) is 0 Å². The molecule has 0 bridgehead atoms. The summed E-state index contributed by atoms with van der Waals surface area (Å²) in [7, 11) is 26.3. The highest BCUT2D eigenvalue weighted by Gasteiger charge is 2.30. The molecule has 2 aromatic rings. The van der Waals surface area contributed by atoms with Crippen LogP contribution >= 0.6 is 7.51 Å². The van der Waals surface area contributed by atoms with Gasteiger partial charge in [0.05, 0.1) is 11.4 Å². The molecule has 0 saturated heterocycles. The van der Waals surface area contributed by atoms with Gasteiger partial charge in [-0.1, -0.05) is 18.2 Å². The molecule has 0 radical (unpaired) electrons. The summed E-state index contributed by atoms with van der Waals surface area (Å²) in [6, 6.07) is 10.4. The van der Waals surface area contributed by atoms with Gasteiger partial charge in [-0.3, -0.25) is 14.0 Å². The molecule has 0 aliphatic rings. The zero-order valence-corrected chi connectivity index (χ0v) is 26.2. The summed E-state index contributed by atoms with van der Waals surface area (Å²) in [4.78, 5) is 18.3. The summed E-state index contributed by atoms with van der Waals surface area (Å²) in [5.74, 6) is 1.69. The molecule has 0 heterocycles. The van der Waals surface area contributed by atoms with Crippen LogP contribution in [0.15, 0.2) is 45.1 Å². The van der Waals surface area contributed by atoms with Crippen molar-refractivity contribution in [3.63, 3.8) is 0 Å². The summed E-state index contributed by atoms with van der Waals surface area (Å²) in [6.07, 6.45) is 0. The van der Waals surface area contributed by atoms with E-state index in [-0.39, 0.29) is 0 Å². The molecule has 0 saturated carbocycles. The smallest absolute Gasteiger partial charge is 0.200 e. The van der Waals surface area contributed by atoms with Gasteiger partial charge in [0, 0.05) is 61.8 Å². The third-order valence-corrected chi connectivity index (χ3v) is 9.55. The molecule has 2 rings (SSSR count).